The Morgan fingerprint density at radius 3 is 2.21 bits per heavy atom. The van der Waals surface area contributed by atoms with E-state index in [2.05, 4.69) is 15.2 Å². The zero-order valence-electron chi connectivity index (χ0n) is 18.1. The molecule has 4 rings (SSSR count). The number of nitrogens with zero attached hydrogens (tertiary/aromatic N) is 3. The number of hydrogen-bond acceptors (Lipinski definition) is 4. The lowest BCUT2D eigenvalue weighted by Crippen LogP contribution is -2.40. The van der Waals surface area contributed by atoms with E-state index in [0.717, 1.165) is 39.7 Å². The van der Waals surface area contributed by atoms with Crippen LogP contribution in [0.15, 0.2) is 54.6 Å². The number of benzene rings is 2. The third kappa shape index (κ3) is 4.41. The monoisotopic (exact) mass is 458 g/mol. The van der Waals surface area contributed by atoms with E-state index in [0.29, 0.717) is 5.56 Å². The molecule has 33 heavy (non-hydrogen) atoms. The van der Waals surface area contributed by atoms with Gasteiger partial charge in [0.15, 0.2) is 0 Å². The van der Waals surface area contributed by atoms with Crippen molar-refractivity contribution in [3.8, 4) is 11.4 Å². The van der Waals surface area contributed by atoms with Gasteiger partial charge in [-0.3, -0.25) is 9.69 Å². The minimum atomic E-state index is -4.82. The molecule has 3 aromatic rings. The first kappa shape index (κ1) is 22.4. The van der Waals surface area contributed by atoms with Crippen molar-refractivity contribution in [3.63, 3.8) is 0 Å². The average molecular weight is 458 g/mol. The number of hydrogen-bond donors (Lipinski definition) is 1. The number of halogens is 3. The van der Waals surface area contributed by atoms with Crippen LogP contribution in [0.2, 0.25) is 0 Å². The van der Waals surface area contributed by atoms with Gasteiger partial charge < -0.3 is 10.1 Å². The molecule has 0 radical (unpaired) electrons. The lowest BCUT2D eigenvalue weighted by atomic mass is 9.92. The Morgan fingerprint density at radius 1 is 1.03 bits per heavy atom. The highest BCUT2D eigenvalue weighted by Gasteiger charge is 2.49. The number of urea groups is 1. The normalized spacial score (nSPS) is 18.5. The molecule has 1 N–H and O–H groups in total. The van der Waals surface area contributed by atoms with E-state index in [9.17, 15) is 22.8 Å². The summed E-state index contributed by atoms with van der Waals surface area (Å²) in [5.41, 5.74) is 2.41. The molecule has 1 saturated heterocycles. The van der Waals surface area contributed by atoms with Crippen LogP contribution in [0.1, 0.15) is 29.4 Å². The van der Waals surface area contributed by atoms with Gasteiger partial charge in [-0.2, -0.15) is 5.10 Å². The van der Waals surface area contributed by atoms with Crippen molar-refractivity contribution in [1.29, 1.82) is 0 Å². The van der Waals surface area contributed by atoms with Gasteiger partial charge in [0.05, 0.1) is 17.9 Å². The predicted molar refractivity (Wildman–Crippen MR) is 113 cm³/mol. The Labute approximate surface area is 187 Å². The molecule has 1 aromatic heterocycles. The molecule has 172 valence electrons. The number of aryl methyl sites for hydroxylation is 2. The number of carbonyl (C=O) groups is 2. The highest BCUT2D eigenvalue weighted by Crippen LogP contribution is 2.32. The van der Waals surface area contributed by atoms with Gasteiger partial charge in [0.1, 0.15) is 11.3 Å². The Kier molecular flexibility index (Phi) is 5.39. The van der Waals surface area contributed by atoms with Crippen LogP contribution in [0.25, 0.3) is 5.69 Å². The van der Waals surface area contributed by atoms with E-state index >= 15 is 0 Å². The molecule has 10 heteroatoms. The fraction of sp³-hybridized carbons (Fsp3) is 0.261. The number of aromatic nitrogens is 2. The first-order valence-corrected chi connectivity index (χ1v) is 10.1. The molecule has 2 aromatic carbocycles. The van der Waals surface area contributed by atoms with Crippen LogP contribution in [0.5, 0.6) is 5.75 Å². The molecule has 0 saturated carbocycles. The van der Waals surface area contributed by atoms with Gasteiger partial charge in [0.2, 0.25) is 0 Å². The zero-order chi connectivity index (χ0) is 24.0. The summed E-state index contributed by atoms with van der Waals surface area (Å²) in [6.45, 7) is 5.42. The zero-order valence-corrected chi connectivity index (χ0v) is 18.1. The van der Waals surface area contributed by atoms with Gasteiger partial charge in [-0.15, -0.1) is 13.2 Å². The molecule has 1 aliphatic heterocycles. The highest BCUT2D eigenvalue weighted by atomic mass is 19.4. The maximum Gasteiger partial charge on any atom is 0.573 e. The second-order valence-corrected chi connectivity index (χ2v) is 8.02. The van der Waals surface area contributed by atoms with E-state index in [4.69, 9.17) is 0 Å². The third-order valence-electron chi connectivity index (χ3n) is 5.47. The first-order valence-electron chi connectivity index (χ1n) is 10.1. The molecule has 1 aliphatic rings. The van der Waals surface area contributed by atoms with Crippen LogP contribution in [-0.2, 0) is 16.9 Å². The van der Waals surface area contributed by atoms with Crippen LogP contribution < -0.4 is 10.1 Å². The SMILES string of the molecule is Cc1cc(C)n(-c2ccc(CN3C(=O)NC(C)(c4ccc(OC(F)(F)F)cc4)C3=O)cc2)n1. The first-order chi connectivity index (χ1) is 15.5. The molecule has 1 atom stereocenters. The number of amides is 3. The Hall–Kier alpha value is -3.82. The molecular formula is C23H21F3N4O3. The van der Waals surface area contributed by atoms with Crippen LogP contribution in [0, 0.1) is 13.8 Å². The third-order valence-corrected chi connectivity index (χ3v) is 5.47. The van der Waals surface area contributed by atoms with Gasteiger partial charge in [-0.05, 0) is 62.2 Å². The Bertz CT molecular complexity index is 1200. The molecule has 3 amide bonds. The average Bonchev–Trinajstić information content (AvgIpc) is 3.18. The highest BCUT2D eigenvalue weighted by molar-refractivity contribution is 6.07. The van der Waals surface area contributed by atoms with Crippen LogP contribution >= 0.6 is 0 Å². The number of alkyl halides is 3. The van der Waals surface area contributed by atoms with E-state index in [-0.39, 0.29) is 6.54 Å². The predicted octanol–water partition coefficient (Wildman–Crippen LogP) is 4.35. The van der Waals surface area contributed by atoms with Crippen molar-refractivity contribution in [1.82, 2.24) is 20.0 Å². The molecule has 7 nitrogen and oxygen atoms in total. The van der Waals surface area contributed by atoms with Gasteiger partial charge in [0, 0.05) is 5.69 Å². The smallest absolute Gasteiger partial charge is 0.406 e. The quantitative estimate of drug-likeness (QED) is 0.577. The van der Waals surface area contributed by atoms with Crippen molar-refractivity contribution in [2.75, 3.05) is 0 Å². The summed E-state index contributed by atoms with van der Waals surface area (Å²) in [7, 11) is 0. The summed E-state index contributed by atoms with van der Waals surface area (Å²) >= 11 is 0. The van der Waals surface area contributed by atoms with Crippen LogP contribution in [0.3, 0.4) is 0 Å². The summed E-state index contributed by atoms with van der Waals surface area (Å²) in [6, 6.07) is 13.6. The van der Waals surface area contributed by atoms with E-state index in [1.165, 1.54) is 19.1 Å². The van der Waals surface area contributed by atoms with Crippen molar-refractivity contribution in [3.05, 3.63) is 77.1 Å². The van der Waals surface area contributed by atoms with E-state index < -0.39 is 29.6 Å². The molecule has 2 heterocycles. The Morgan fingerprint density at radius 2 is 1.67 bits per heavy atom. The molecule has 1 fully saturated rings. The maximum absolute atomic E-state index is 13.1. The number of nitrogens with one attached hydrogen (secondary N) is 1. The second kappa shape index (κ2) is 7.95. The minimum Gasteiger partial charge on any atom is -0.406 e. The standard InChI is InChI=1S/C23H21F3N4O3/c1-14-12-15(2)30(28-14)18-8-4-16(5-9-18)13-29-20(31)22(3,27-21(29)32)17-6-10-19(11-7-17)33-23(24,25)26/h4-12H,13H2,1-3H3,(H,27,32). The lowest BCUT2D eigenvalue weighted by Gasteiger charge is -2.22. The summed E-state index contributed by atoms with van der Waals surface area (Å²) in [4.78, 5) is 26.8. The Balaban J connectivity index is 1.50. The molecule has 0 spiro atoms. The van der Waals surface area contributed by atoms with Crippen molar-refractivity contribution >= 4 is 11.9 Å². The molecule has 0 aliphatic carbocycles. The fourth-order valence-corrected chi connectivity index (χ4v) is 3.84. The summed E-state index contributed by atoms with van der Waals surface area (Å²) in [5.74, 6) is -0.911. The summed E-state index contributed by atoms with van der Waals surface area (Å²) in [5, 5.41) is 7.07. The summed E-state index contributed by atoms with van der Waals surface area (Å²) in [6.07, 6.45) is -4.82. The number of rotatable bonds is 5. The molecular weight excluding hydrogens is 437 g/mol. The van der Waals surface area contributed by atoms with E-state index in [1.54, 1.807) is 4.68 Å². The minimum absolute atomic E-state index is 0.0485. The fourth-order valence-electron chi connectivity index (χ4n) is 3.84. The van der Waals surface area contributed by atoms with E-state index in [1.807, 2.05) is 44.2 Å². The number of carbonyl (C=O) groups excluding carboxylic acids is 2. The molecule has 0 bridgehead atoms. The van der Waals surface area contributed by atoms with Crippen molar-refractivity contribution in [2.24, 2.45) is 0 Å². The van der Waals surface area contributed by atoms with Gasteiger partial charge >= 0.3 is 12.4 Å². The van der Waals surface area contributed by atoms with Gasteiger partial charge in [-0.1, -0.05) is 24.3 Å². The number of imide groups is 1. The largest absolute Gasteiger partial charge is 0.573 e. The van der Waals surface area contributed by atoms with Crippen LogP contribution in [0.4, 0.5) is 18.0 Å². The lowest BCUT2D eigenvalue weighted by molar-refractivity contribution is -0.274. The van der Waals surface area contributed by atoms with Crippen LogP contribution in [-0.4, -0.2) is 33.0 Å². The van der Waals surface area contributed by atoms with Gasteiger partial charge in [0.25, 0.3) is 5.91 Å². The molecule has 1 unspecified atom stereocenters. The van der Waals surface area contributed by atoms with Crippen molar-refractivity contribution < 1.29 is 27.5 Å². The topological polar surface area (TPSA) is 76.5 Å². The van der Waals surface area contributed by atoms with Crippen molar-refractivity contribution in [2.45, 2.75) is 39.2 Å². The second-order valence-electron chi connectivity index (χ2n) is 8.02. The number of ether oxygens (including phenoxy) is 1. The van der Waals surface area contributed by atoms with Gasteiger partial charge in [-0.25, -0.2) is 9.48 Å². The summed E-state index contributed by atoms with van der Waals surface area (Å²) < 4.78 is 42.8. The maximum atomic E-state index is 13.1.